The molecule has 0 saturated heterocycles. The molecular formula is C14H12O. The van der Waals surface area contributed by atoms with Gasteiger partial charge in [0.05, 0.1) is 12.5 Å². The van der Waals surface area contributed by atoms with Gasteiger partial charge in [-0.1, -0.05) is 36.4 Å². The van der Waals surface area contributed by atoms with E-state index in [4.69, 9.17) is 4.74 Å². The van der Waals surface area contributed by atoms with Gasteiger partial charge in [0.15, 0.2) is 0 Å². The van der Waals surface area contributed by atoms with E-state index in [-0.39, 0.29) is 0 Å². The molecule has 0 spiro atoms. The molecule has 0 aromatic heterocycles. The maximum Gasteiger partial charge on any atom is 0.0980 e. The normalized spacial score (nSPS) is 17.9. The zero-order valence-electron chi connectivity index (χ0n) is 8.44. The van der Waals surface area contributed by atoms with E-state index in [1.54, 1.807) is 0 Å². The average Bonchev–Trinajstić information content (AvgIpc) is 2.48. The third kappa shape index (κ3) is 1.40. The second kappa shape index (κ2) is 3.43. The maximum absolute atomic E-state index is 5.43. The largest absolute Gasteiger partial charge is 0.471 e. The Kier molecular flexibility index (Phi) is 1.95. The van der Waals surface area contributed by atoms with Gasteiger partial charge in [-0.15, -0.1) is 0 Å². The predicted molar refractivity (Wildman–Crippen MR) is 61.1 cm³/mol. The van der Waals surface area contributed by atoms with Crippen LogP contribution >= 0.6 is 0 Å². The fourth-order valence-electron chi connectivity index (χ4n) is 2.14. The molecule has 0 saturated carbocycles. The first-order valence-corrected chi connectivity index (χ1v) is 5.26. The standard InChI is InChI=1S/C14H12O/c1-3-7-13-11(5-1)9-15-10-12-6-2-4-8-14(12)13/h1-3,5-7,9-10H,4,8H2. The molecule has 15 heavy (non-hydrogen) atoms. The maximum atomic E-state index is 5.43. The monoisotopic (exact) mass is 196 g/mol. The third-order valence-corrected chi connectivity index (χ3v) is 2.88. The molecule has 0 fully saturated rings. The highest BCUT2D eigenvalue weighted by Crippen LogP contribution is 2.23. The second-order valence-electron chi connectivity index (χ2n) is 3.83. The van der Waals surface area contributed by atoms with Crippen molar-refractivity contribution in [2.75, 3.05) is 0 Å². The Balaban J connectivity index is 2.40. The molecule has 0 atom stereocenters. The van der Waals surface area contributed by atoms with Crippen LogP contribution in [0.3, 0.4) is 0 Å². The van der Waals surface area contributed by atoms with E-state index in [0.717, 1.165) is 12.8 Å². The van der Waals surface area contributed by atoms with Crippen molar-refractivity contribution in [1.82, 2.24) is 0 Å². The Hall–Kier alpha value is -1.76. The summed E-state index contributed by atoms with van der Waals surface area (Å²) in [6.45, 7) is 0. The van der Waals surface area contributed by atoms with Gasteiger partial charge in [0, 0.05) is 10.8 Å². The number of ether oxygens (including phenoxy) is 1. The third-order valence-electron chi connectivity index (χ3n) is 2.88. The van der Waals surface area contributed by atoms with Crippen molar-refractivity contribution in [2.45, 2.75) is 12.8 Å². The Morgan fingerprint density at radius 3 is 3.00 bits per heavy atom. The predicted octanol–water partition coefficient (Wildman–Crippen LogP) is 1.84. The van der Waals surface area contributed by atoms with E-state index in [1.807, 2.05) is 18.6 Å². The van der Waals surface area contributed by atoms with Crippen molar-refractivity contribution >= 4 is 11.8 Å². The summed E-state index contributed by atoms with van der Waals surface area (Å²) in [6.07, 6.45) is 10.2. The van der Waals surface area contributed by atoms with Crippen molar-refractivity contribution in [3.63, 3.8) is 0 Å². The van der Waals surface area contributed by atoms with Crippen LogP contribution in [0.1, 0.15) is 12.8 Å². The zero-order chi connectivity index (χ0) is 10.1. The summed E-state index contributed by atoms with van der Waals surface area (Å²) in [4.78, 5) is 0. The summed E-state index contributed by atoms with van der Waals surface area (Å²) in [6, 6.07) is 8.39. The van der Waals surface area contributed by atoms with Gasteiger partial charge in [-0.25, -0.2) is 0 Å². The van der Waals surface area contributed by atoms with Crippen LogP contribution in [0.2, 0.25) is 0 Å². The van der Waals surface area contributed by atoms with E-state index < -0.39 is 0 Å². The van der Waals surface area contributed by atoms with Crippen LogP contribution in [0.25, 0.3) is 11.8 Å². The molecule has 1 aromatic carbocycles. The van der Waals surface area contributed by atoms with Crippen molar-refractivity contribution in [3.8, 4) is 0 Å². The number of benzene rings is 1. The molecule has 0 amide bonds. The molecule has 3 rings (SSSR count). The van der Waals surface area contributed by atoms with Crippen LogP contribution in [0, 0.1) is 0 Å². The lowest BCUT2D eigenvalue weighted by atomic mass is 9.94. The van der Waals surface area contributed by atoms with Crippen LogP contribution in [0.15, 0.2) is 48.3 Å². The molecule has 1 aliphatic heterocycles. The molecule has 1 aliphatic carbocycles. The minimum Gasteiger partial charge on any atom is -0.471 e. The van der Waals surface area contributed by atoms with Crippen molar-refractivity contribution in [2.24, 2.45) is 0 Å². The highest BCUT2D eigenvalue weighted by molar-refractivity contribution is 5.70. The molecule has 0 N–H and O–H groups in total. The summed E-state index contributed by atoms with van der Waals surface area (Å²) in [5.74, 6) is 0. The van der Waals surface area contributed by atoms with Gasteiger partial charge in [-0.3, -0.25) is 0 Å². The highest BCUT2D eigenvalue weighted by atomic mass is 16.5. The molecule has 1 aromatic rings. The van der Waals surface area contributed by atoms with Gasteiger partial charge >= 0.3 is 0 Å². The minimum atomic E-state index is 1.11. The molecule has 1 heteroatoms. The molecule has 74 valence electrons. The number of hydrogen-bond acceptors (Lipinski definition) is 1. The summed E-state index contributed by atoms with van der Waals surface area (Å²) in [7, 11) is 0. The Morgan fingerprint density at radius 1 is 1.07 bits per heavy atom. The van der Waals surface area contributed by atoms with Crippen LogP contribution in [-0.4, -0.2) is 0 Å². The molecule has 0 bridgehead atoms. The molecular weight excluding hydrogens is 184 g/mol. The first-order chi connectivity index (χ1) is 7.45. The van der Waals surface area contributed by atoms with E-state index in [0.29, 0.717) is 0 Å². The van der Waals surface area contributed by atoms with Crippen LogP contribution in [-0.2, 0) is 4.74 Å². The number of fused-ring (bicyclic) bond motifs is 2. The molecule has 0 radical (unpaired) electrons. The lowest BCUT2D eigenvalue weighted by Crippen LogP contribution is -2.26. The van der Waals surface area contributed by atoms with Gasteiger partial charge < -0.3 is 4.74 Å². The quantitative estimate of drug-likeness (QED) is 0.615. The van der Waals surface area contributed by atoms with E-state index in [1.165, 1.54) is 21.6 Å². The van der Waals surface area contributed by atoms with Crippen LogP contribution < -0.4 is 10.4 Å². The molecule has 1 nitrogen and oxygen atoms in total. The average molecular weight is 196 g/mol. The van der Waals surface area contributed by atoms with E-state index in [9.17, 15) is 0 Å². The van der Waals surface area contributed by atoms with E-state index >= 15 is 0 Å². The smallest absolute Gasteiger partial charge is 0.0980 e. The SMILES string of the molecule is C1=CC2=COC=c3ccccc3=C2CC1. The number of allylic oxidation sites excluding steroid dienone is 3. The van der Waals surface area contributed by atoms with Gasteiger partial charge in [0.2, 0.25) is 0 Å². The minimum absolute atomic E-state index is 1.11. The van der Waals surface area contributed by atoms with Crippen LogP contribution in [0.4, 0.5) is 0 Å². The molecule has 0 unspecified atom stereocenters. The van der Waals surface area contributed by atoms with Gasteiger partial charge in [-0.2, -0.15) is 0 Å². The topological polar surface area (TPSA) is 9.23 Å². The van der Waals surface area contributed by atoms with E-state index in [2.05, 4.69) is 30.4 Å². The van der Waals surface area contributed by atoms with Gasteiger partial charge in [0.1, 0.15) is 0 Å². The van der Waals surface area contributed by atoms with Crippen molar-refractivity contribution in [3.05, 3.63) is 58.7 Å². The Bertz CT molecular complexity index is 561. The van der Waals surface area contributed by atoms with Crippen molar-refractivity contribution < 1.29 is 4.74 Å². The Labute approximate surface area is 88.7 Å². The Morgan fingerprint density at radius 2 is 2.00 bits per heavy atom. The molecule has 1 heterocycles. The number of hydrogen-bond donors (Lipinski definition) is 0. The zero-order valence-corrected chi connectivity index (χ0v) is 8.44. The van der Waals surface area contributed by atoms with Gasteiger partial charge in [0.25, 0.3) is 0 Å². The summed E-state index contributed by atoms with van der Waals surface area (Å²) >= 11 is 0. The first kappa shape index (κ1) is 8.54. The summed E-state index contributed by atoms with van der Waals surface area (Å²) in [5, 5.41) is 2.49. The number of rotatable bonds is 0. The van der Waals surface area contributed by atoms with Gasteiger partial charge in [-0.05, 0) is 23.6 Å². The lowest BCUT2D eigenvalue weighted by Gasteiger charge is -2.11. The first-order valence-electron chi connectivity index (χ1n) is 5.26. The molecule has 2 aliphatic rings. The fraction of sp³-hybridized carbons (Fsp3) is 0.143. The second-order valence-corrected chi connectivity index (χ2v) is 3.83. The lowest BCUT2D eigenvalue weighted by molar-refractivity contribution is 0.458. The highest BCUT2D eigenvalue weighted by Gasteiger charge is 2.10. The van der Waals surface area contributed by atoms with Crippen molar-refractivity contribution in [1.29, 1.82) is 0 Å². The van der Waals surface area contributed by atoms with Crippen LogP contribution in [0.5, 0.6) is 0 Å². The summed E-state index contributed by atoms with van der Waals surface area (Å²) < 4.78 is 5.43. The fourth-order valence-corrected chi connectivity index (χ4v) is 2.14. The summed E-state index contributed by atoms with van der Waals surface area (Å²) in [5.41, 5.74) is 2.62.